The van der Waals surface area contributed by atoms with Crippen molar-refractivity contribution < 1.29 is 19.4 Å². The van der Waals surface area contributed by atoms with Gasteiger partial charge in [-0.15, -0.1) is 11.3 Å². The minimum Gasteiger partial charge on any atom is -0.484 e. The summed E-state index contributed by atoms with van der Waals surface area (Å²) < 4.78 is 5.30. The molecule has 0 aliphatic rings. The van der Waals surface area contributed by atoms with E-state index < -0.39 is 5.97 Å². The van der Waals surface area contributed by atoms with Gasteiger partial charge in [-0.05, 0) is 30.7 Å². The van der Waals surface area contributed by atoms with Crippen LogP contribution in [0.15, 0.2) is 36.4 Å². The third-order valence-electron chi connectivity index (χ3n) is 2.49. The highest BCUT2D eigenvalue weighted by Crippen LogP contribution is 2.26. The van der Waals surface area contributed by atoms with Gasteiger partial charge in [0, 0.05) is 0 Å². The monoisotopic (exact) mass is 291 g/mol. The summed E-state index contributed by atoms with van der Waals surface area (Å²) >= 11 is 1.03. The maximum atomic E-state index is 11.7. The lowest BCUT2D eigenvalue weighted by atomic mass is 10.3. The van der Waals surface area contributed by atoms with Crippen LogP contribution in [0, 0.1) is 6.92 Å². The van der Waals surface area contributed by atoms with E-state index in [0.29, 0.717) is 16.3 Å². The van der Waals surface area contributed by atoms with Gasteiger partial charge in [0.25, 0.3) is 5.91 Å². The number of carboxylic acid groups (broad SMARTS) is 1. The molecule has 0 atom stereocenters. The molecule has 0 spiro atoms. The van der Waals surface area contributed by atoms with E-state index in [1.54, 1.807) is 25.1 Å². The predicted molar refractivity (Wildman–Crippen MR) is 76.6 cm³/mol. The summed E-state index contributed by atoms with van der Waals surface area (Å²) in [7, 11) is 0. The van der Waals surface area contributed by atoms with Gasteiger partial charge in [0.05, 0.1) is 5.00 Å². The quantitative estimate of drug-likeness (QED) is 0.888. The number of hydrogen-bond donors (Lipinski definition) is 2. The number of rotatable bonds is 5. The fraction of sp³-hybridized carbons (Fsp3) is 0.143. The molecule has 2 rings (SSSR count). The number of carbonyl (C=O) groups is 2. The number of aryl methyl sites for hydroxylation is 1. The molecule has 2 aromatic rings. The first kappa shape index (κ1) is 14.1. The van der Waals surface area contributed by atoms with E-state index in [1.807, 2.05) is 18.2 Å². The maximum absolute atomic E-state index is 11.7. The topological polar surface area (TPSA) is 75.6 Å². The molecule has 20 heavy (non-hydrogen) atoms. The van der Waals surface area contributed by atoms with Gasteiger partial charge in [-0.3, -0.25) is 4.79 Å². The highest BCUT2D eigenvalue weighted by atomic mass is 32.1. The Bertz CT molecular complexity index is 621. The summed E-state index contributed by atoms with van der Waals surface area (Å²) in [6.45, 7) is 1.57. The summed E-state index contributed by atoms with van der Waals surface area (Å²) in [6, 6.07) is 10.6. The molecule has 1 heterocycles. The van der Waals surface area contributed by atoms with Gasteiger partial charge in [-0.25, -0.2) is 4.79 Å². The number of carboxylic acids is 1. The summed E-state index contributed by atoms with van der Waals surface area (Å²) in [5, 5.41) is 12.1. The highest BCUT2D eigenvalue weighted by molar-refractivity contribution is 7.18. The minimum absolute atomic E-state index is 0.122. The standard InChI is InChI=1S/C14H13NO4S/c1-9-7-12(20-13(9)14(17)18)15-11(16)8-19-10-5-3-2-4-6-10/h2-7H,8H2,1H3,(H,15,16)(H,17,18). The molecule has 0 saturated heterocycles. The average molecular weight is 291 g/mol. The van der Waals surface area contributed by atoms with E-state index in [9.17, 15) is 9.59 Å². The zero-order chi connectivity index (χ0) is 14.5. The van der Waals surface area contributed by atoms with Crippen molar-refractivity contribution >= 4 is 28.2 Å². The van der Waals surface area contributed by atoms with Gasteiger partial charge in [0.15, 0.2) is 6.61 Å². The molecule has 1 amide bonds. The third kappa shape index (κ3) is 3.58. The number of thiophene rings is 1. The maximum Gasteiger partial charge on any atom is 0.346 e. The van der Waals surface area contributed by atoms with Crippen molar-refractivity contribution in [3.05, 3.63) is 46.8 Å². The lowest BCUT2D eigenvalue weighted by Gasteiger charge is -2.05. The molecule has 5 nitrogen and oxygen atoms in total. The fourth-order valence-corrected chi connectivity index (χ4v) is 2.52. The Labute approximate surface area is 119 Å². The zero-order valence-corrected chi connectivity index (χ0v) is 11.6. The van der Waals surface area contributed by atoms with Crippen LogP contribution in [0.2, 0.25) is 0 Å². The number of nitrogens with one attached hydrogen (secondary N) is 1. The van der Waals surface area contributed by atoms with Crippen molar-refractivity contribution in [2.45, 2.75) is 6.92 Å². The van der Waals surface area contributed by atoms with Crippen LogP contribution in [-0.2, 0) is 4.79 Å². The normalized spacial score (nSPS) is 10.1. The SMILES string of the molecule is Cc1cc(NC(=O)COc2ccccc2)sc1C(=O)O. The molecule has 0 bridgehead atoms. The first-order valence-electron chi connectivity index (χ1n) is 5.87. The van der Waals surface area contributed by atoms with Crippen LogP contribution < -0.4 is 10.1 Å². The molecule has 0 saturated carbocycles. The molecule has 0 fully saturated rings. The molecular weight excluding hydrogens is 278 g/mol. The number of hydrogen-bond acceptors (Lipinski definition) is 4. The van der Waals surface area contributed by atoms with Crippen LogP contribution in [0.1, 0.15) is 15.2 Å². The molecule has 0 aliphatic carbocycles. The lowest BCUT2D eigenvalue weighted by molar-refractivity contribution is -0.118. The second kappa shape index (κ2) is 6.21. The summed E-state index contributed by atoms with van der Waals surface area (Å²) in [6.07, 6.45) is 0. The molecule has 1 aromatic heterocycles. The third-order valence-corrected chi connectivity index (χ3v) is 3.63. The smallest absolute Gasteiger partial charge is 0.346 e. The van der Waals surface area contributed by atoms with Crippen molar-refractivity contribution in [3.8, 4) is 5.75 Å². The Morgan fingerprint density at radius 3 is 2.60 bits per heavy atom. The number of aromatic carboxylic acids is 1. The van der Waals surface area contributed by atoms with Crippen LogP contribution >= 0.6 is 11.3 Å². The van der Waals surface area contributed by atoms with E-state index in [4.69, 9.17) is 9.84 Å². The molecule has 0 unspecified atom stereocenters. The Hall–Kier alpha value is -2.34. The van der Waals surface area contributed by atoms with Crippen molar-refractivity contribution in [1.29, 1.82) is 0 Å². The van der Waals surface area contributed by atoms with Crippen molar-refractivity contribution in [2.75, 3.05) is 11.9 Å². The van der Waals surface area contributed by atoms with Gasteiger partial charge >= 0.3 is 5.97 Å². The van der Waals surface area contributed by atoms with E-state index in [0.717, 1.165) is 11.3 Å². The first-order chi connectivity index (χ1) is 9.56. The van der Waals surface area contributed by atoms with Crippen molar-refractivity contribution in [1.82, 2.24) is 0 Å². The fourth-order valence-electron chi connectivity index (χ4n) is 1.60. The molecule has 2 N–H and O–H groups in total. The molecule has 6 heteroatoms. The van der Waals surface area contributed by atoms with E-state index in [-0.39, 0.29) is 17.4 Å². The van der Waals surface area contributed by atoms with Crippen LogP contribution in [0.3, 0.4) is 0 Å². The average Bonchev–Trinajstić information content (AvgIpc) is 2.78. The largest absolute Gasteiger partial charge is 0.484 e. The number of anilines is 1. The van der Waals surface area contributed by atoms with Gasteiger partial charge < -0.3 is 15.2 Å². The zero-order valence-electron chi connectivity index (χ0n) is 10.8. The van der Waals surface area contributed by atoms with Crippen molar-refractivity contribution in [2.24, 2.45) is 0 Å². The first-order valence-corrected chi connectivity index (χ1v) is 6.69. The van der Waals surface area contributed by atoms with E-state index in [2.05, 4.69) is 5.32 Å². The lowest BCUT2D eigenvalue weighted by Crippen LogP contribution is -2.19. The number of carbonyl (C=O) groups excluding carboxylic acids is 1. The highest BCUT2D eigenvalue weighted by Gasteiger charge is 2.13. The molecule has 0 aliphatic heterocycles. The van der Waals surface area contributed by atoms with Crippen LogP contribution in [-0.4, -0.2) is 23.6 Å². The predicted octanol–water partition coefficient (Wildman–Crippen LogP) is 2.77. The molecule has 104 valence electrons. The molecule has 1 aromatic carbocycles. The second-order valence-electron chi connectivity index (χ2n) is 4.08. The van der Waals surface area contributed by atoms with E-state index in [1.165, 1.54) is 0 Å². The van der Waals surface area contributed by atoms with Crippen LogP contribution in [0.4, 0.5) is 5.00 Å². The minimum atomic E-state index is -0.992. The molecular formula is C14H13NO4S. The number of para-hydroxylation sites is 1. The second-order valence-corrected chi connectivity index (χ2v) is 5.13. The molecule has 0 radical (unpaired) electrons. The summed E-state index contributed by atoms with van der Waals surface area (Å²) in [4.78, 5) is 22.8. The van der Waals surface area contributed by atoms with Crippen molar-refractivity contribution in [3.63, 3.8) is 0 Å². The summed E-state index contributed by atoms with van der Waals surface area (Å²) in [5.41, 5.74) is 0.627. The number of ether oxygens (including phenoxy) is 1. The Balaban J connectivity index is 1.92. The summed E-state index contributed by atoms with van der Waals surface area (Å²) in [5.74, 6) is -0.711. The van der Waals surface area contributed by atoms with Gasteiger partial charge in [-0.2, -0.15) is 0 Å². The Kier molecular flexibility index (Phi) is 4.37. The number of benzene rings is 1. The van der Waals surface area contributed by atoms with E-state index >= 15 is 0 Å². The van der Waals surface area contributed by atoms with Gasteiger partial charge in [0.2, 0.25) is 0 Å². The van der Waals surface area contributed by atoms with Gasteiger partial charge in [0.1, 0.15) is 10.6 Å². The Morgan fingerprint density at radius 2 is 2.00 bits per heavy atom. The Morgan fingerprint density at radius 1 is 1.30 bits per heavy atom. The van der Waals surface area contributed by atoms with Crippen LogP contribution in [0.25, 0.3) is 0 Å². The number of amides is 1. The van der Waals surface area contributed by atoms with Crippen LogP contribution in [0.5, 0.6) is 5.75 Å². The van der Waals surface area contributed by atoms with Gasteiger partial charge in [-0.1, -0.05) is 18.2 Å².